The molecule has 0 spiro atoms. The van der Waals surface area contributed by atoms with Crippen molar-refractivity contribution in [2.75, 3.05) is 38.5 Å². The van der Waals surface area contributed by atoms with Crippen LogP contribution in [0.3, 0.4) is 0 Å². The van der Waals surface area contributed by atoms with Gasteiger partial charge in [0.1, 0.15) is 5.69 Å². The van der Waals surface area contributed by atoms with Gasteiger partial charge in [-0.3, -0.25) is 9.69 Å². The van der Waals surface area contributed by atoms with Crippen LogP contribution in [0.25, 0.3) is 5.65 Å². The number of piperazine rings is 1. The van der Waals surface area contributed by atoms with Crippen LogP contribution < -0.4 is 5.32 Å². The molecule has 0 saturated carbocycles. The van der Waals surface area contributed by atoms with Crippen LogP contribution in [-0.2, 0) is 12.3 Å². The van der Waals surface area contributed by atoms with Crippen LogP contribution in [-0.4, -0.2) is 69.6 Å². The van der Waals surface area contributed by atoms with Crippen molar-refractivity contribution in [3.05, 3.63) is 94.4 Å². The summed E-state index contributed by atoms with van der Waals surface area (Å²) in [5.41, 5.74) is 4.30. The Hall–Kier alpha value is -4.13. The third kappa shape index (κ3) is 4.78. The Labute approximate surface area is 225 Å². The van der Waals surface area contributed by atoms with Crippen molar-refractivity contribution in [3.63, 3.8) is 0 Å². The SMILES string of the molecule is Cc1ccc(C(=O)Nc2ccc3c(c2)C(F)(F)C(N2CCN(C)CC2)C3)cc1C#Cc1cnc2cccnn12. The number of benzene rings is 2. The molecule has 1 unspecified atom stereocenters. The molecule has 1 aliphatic carbocycles. The highest BCUT2D eigenvalue weighted by molar-refractivity contribution is 6.04. The Morgan fingerprint density at radius 2 is 1.90 bits per heavy atom. The summed E-state index contributed by atoms with van der Waals surface area (Å²) in [6.07, 6.45) is 3.62. The van der Waals surface area contributed by atoms with Crippen molar-refractivity contribution in [2.45, 2.75) is 25.3 Å². The predicted octanol–water partition coefficient (Wildman–Crippen LogP) is 3.95. The molecule has 4 aromatic rings. The van der Waals surface area contributed by atoms with Crippen molar-refractivity contribution < 1.29 is 13.6 Å². The quantitative estimate of drug-likeness (QED) is 0.410. The fourth-order valence-electron chi connectivity index (χ4n) is 5.30. The monoisotopic (exact) mass is 526 g/mol. The van der Waals surface area contributed by atoms with E-state index in [4.69, 9.17) is 0 Å². The first-order valence-corrected chi connectivity index (χ1v) is 13.0. The number of likely N-dealkylation sites (N-methyl/N-ethyl adjacent to an activating group) is 1. The summed E-state index contributed by atoms with van der Waals surface area (Å²) in [5, 5.41) is 7.07. The van der Waals surface area contributed by atoms with Crippen LogP contribution in [0.15, 0.2) is 60.9 Å². The molecule has 39 heavy (non-hydrogen) atoms. The van der Waals surface area contributed by atoms with E-state index in [0.717, 1.165) is 18.7 Å². The molecule has 1 fully saturated rings. The number of imidazole rings is 1. The number of carbonyl (C=O) groups excluding carboxylic acids is 1. The number of aromatic nitrogens is 3. The van der Waals surface area contributed by atoms with E-state index in [9.17, 15) is 4.79 Å². The van der Waals surface area contributed by atoms with Gasteiger partial charge in [0.25, 0.3) is 11.8 Å². The lowest BCUT2D eigenvalue weighted by atomic mass is 10.0. The molecule has 0 radical (unpaired) electrons. The van der Waals surface area contributed by atoms with Crippen molar-refractivity contribution in [2.24, 2.45) is 0 Å². The Bertz CT molecular complexity index is 1630. The highest BCUT2D eigenvalue weighted by atomic mass is 19.3. The lowest BCUT2D eigenvalue weighted by molar-refractivity contribution is -0.0848. The summed E-state index contributed by atoms with van der Waals surface area (Å²) in [7, 11) is 2.01. The number of carbonyl (C=O) groups is 1. The third-order valence-corrected chi connectivity index (χ3v) is 7.64. The molecule has 2 aromatic carbocycles. The van der Waals surface area contributed by atoms with Crippen LogP contribution in [0.5, 0.6) is 0 Å². The molecule has 2 aromatic heterocycles. The number of aryl methyl sites for hydroxylation is 1. The van der Waals surface area contributed by atoms with Gasteiger partial charge in [0, 0.05) is 54.8 Å². The predicted molar refractivity (Wildman–Crippen MR) is 145 cm³/mol. The summed E-state index contributed by atoms with van der Waals surface area (Å²) in [4.78, 5) is 21.5. The molecule has 1 saturated heterocycles. The lowest BCUT2D eigenvalue weighted by Gasteiger charge is -2.38. The number of alkyl halides is 2. The molecule has 1 aliphatic heterocycles. The number of nitrogens with one attached hydrogen (secondary N) is 1. The van der Waals surface area contributed by atoms with Gasteiger partial charge >= 0.3 is 0 Å². The average molecular weight is 527 g/mol. The molecule has 1 atom stereocenters. The highest BCUT2D eigenvalue weighted by Gasteiger charge is 2.51. The first-order valence-electron chi connectivity index (χ1n) is 13.0. The van der Waals surface area contributed by atoms with E-state index in [1.54, 1.807) is 47.2 Å². The minimum Gasteiger partial charge on any atom is -0.322 e. The van der Waals surface area contributed by atoms with E-state index in [2.05, 4.69) is 32.1 Å². The number of hydrogen-bond acceptors (Lipinski definition) is 5. The number of anilines is 1. The molecular formula is C30H28F2N6O. The molecule has 198 valence electrons. The lowest BCUT2D eigenvalue weighted by Crippen LogP contribution is -2.53. The van der Waals surface area contributed by atoms with E-state index < -0.39 is 12.0 Å². The Kier molecular flexibility index (Phi) is 6.37. The van der Waals surface area contributed by atoms with E-state index in [1.165, 1.54) is 6.07 Å². The first-order chi connectivity index (χ1) is 18.8. The maximum Gasteiger partial charge on any atom is 0.289 e. The number of fused-ring (bicyclic) bond motifs is 2. The molecule has 1 amide bonds. The minimum absolute atomic E-state index is 0.00123. The number of nitrogens with zero attached hydrogens (tertiary/aromatic N) is 5. The van der Waals surface area contributed by atoms with E-state index in [0.29, 0.717) is 53.2 Å². The summed E-state index contributed by atoms with van der Waals surface area (Å²) >= 11 is 0. The van der Waals surface area contributed by atoms with Gasteiger partial charge in [0.05, 0.1) is 12.2 Å². The molecule has 9 heteroatoms. The summed E-state index contributed by atoms with van der Waals surface area (Å²) in [5.74, 6) is 2.83. The maximum absolute atomic E-state index is 15.5. The molecule has 0 bridgehead atoms. The zero-order chi connectivity index (χ0) is 27.1. The maximum atomic E-state index is 15.5. The van der Waals surface area contributed by atoms with Gasteiger partial charge in [-0.05, 0) is 73.8 Å². The minimum atomic E-state index is -2.98. The number of hydrogen-bond donors (Lipinski definition) is 1. The average Bonchev–Trinajstić information content (AvgIpc) is 3.46. The summed E-state index contributed by atoms with van der Waals surface area (Å²) < 4.78 is 32.7. The van der Waals surface area contributed by atoms with Crippen LogP contribution in [0.1, 0.15) is 38.3 Å². The topological polar surface area (TPSA) is 65.8 Å². The third-order valence-electron chi connectivity index (χ3n) is 7.64. The van der Waals surface area contributed by atoms with Gasteiger partial charge in [-0.15, -0.1) is 0 Å². The summed E-state index contributed by atoms with van der Waals surface area (Å²) in [6.45, 7) is 4.73. The van der Waals surface area contributed by atoms with Crippen LogP contribution in [0, 0.1) is 18.8 Å². The zero-order valence-corrected chi connectivity index (χ0v) is 21.8. The molecular weight excluding hydrogens is 498 g/mol. The Morgan fingerprint density at radius 3 is 2.72 bits per heavy atom. The highest BCUT2D eigenvalue weighted by Crippen LogP contribution is 2.45. The van der Waals surface area contributed by atoms with Crippen molar-refractivity contribution in [3.8, 4) is 11.8 Å². The molecule has 2 aliphatic rings. The fraction of sp³-hybridized carbons (Fsp3) is 0.300. The van der Waals surface area contributed by atoms with Crippen LogP contribution in [0.4, 0.5) is 14.5 Å². The van der Waals surface area contributed by atoms with Gasteiger partial charge in [0.15, 0.2) is 5.65 Å². The van der Waals surface area contributed by atoms with E-state index in [1.807, 2.05) is 31.0 Å². The van der Waals surface area contributed by atoms with Crippen LogP contribution >= 0.6 is 0 Å². The van der Waals surface area contributed by atoms with Gasteiger partial charge in [-0.25, -0.2) is 9.50 Å². The van der Waals surface area contributed by atoms with Crippen molar-refractivity contribution in [1.82, 2.24) is 24.4 Å². The second-order valence-corrected chi connectivity index (χ2v) is 10.2. The van der Waals surface area contributed by atoms with Crippen LogP contribution in [0.2, 0.25) is 0 Å². The van der Waals surface area contributed by atoms with E-state index >= 15 is 8.78 Å². The van der Waals surface area contributed by atoms with Gasteiger partial charge < -0.3 is 10.2 Å². The normalized spacial score (nSPS) is 18.9. The van der Waals surface area contributed by atoms with Crippen molar-refractivity contribution >= 4 is 17.2 Å². The first kappa shape index (κ1) is 25.2. The van der Waals surface area contributed by atoms with E-state index in [-0.39, 0.29) is 11.5 Å². The second kappa shape index (κ2) is 9.88. The number of halogens is 2. The molecule has 3 heterocycles. The number of rotatable bonds is 3. The largest absolute Gasteiger partial charge is 0.322 e. The van der Waals surface area contributed by atoms with Crippen molar-refractivity contribution in [1.29, 1.82) is 0 Å². The van der Waals surface area contributed by atoms with Gasteiger partial charge in [-0.2, -0.15) is 13.9 Å². The van der Waals surface area contributed by atoms with Gasteiger partial charge in [-0.1, -0.05) is 18.1 Å². The fourth-order valence-corrected chi connectivity index (χ4v) is 5.30. The second-order valence-electron chi connectivity index (χ2n) is 10.2. The number of amides is 1. The standard InChI is InChI=1S/C30H28F2N6O/c1-20-5-6-23(16-21(20)8-10-25-19-33-28-4-3-11-34-38(25)28)29(39)35-24-9-7-22-17-27(30(31,32)26(22)18-24)37-14-12-36(2)13-15-37/h3-7,9,11,16,18-19,27H,12-15,17H2,1-2H3,(H,35,39). The Morgan fingerprint density at radius 1 is 1.08 bits per heavy atom. The smallest absolute Gasteiger partial charge is 0.289 e. The molecule has 7 nitrogen and oxygen atoms in total. The Balaban J connectivity index is 1.20. The van der Waals surface area contributed by atoms with Gasteiger partial charge in [0.2, 0.25) is 0 Å². The molecule has 6 rings (SSSR count). The zero-order valence-electron chi connectivity index (χ0n) is 21.8. The molecule has 1 N–H and O–H groups in total. The summed E-state index contributed by atoms with van der Waals surface area (Å²) in [6, 6.07) is 12.9.